The highest BCUT2D eigenvalue weighted by atomic mass is 15.4. The minimum absolute atomic E-state index is 0.711. The van der Waals surface area contributed by atoms with Crippen LogP contribution in [0.2, 0.25) is 0 Å². The van der Waals surface area contributed by atoms with Gasteiger partial charge in [0.25, 0.3) is 0 Å². The van der Waals surface area contributed by atoms with Crippen LogP contribution in [0.15, 0.2) is 116 Å². The largest absolute Gasteiger partial charge is 0.322 e. The Labute approximate surface area is 189 Å². The van der Waals surface area contributed by atoms with Crippen LogP contribution >= 0.6 is 0 Å². The van der Waals surface area contributed by atoms with Gasteiger partial charge >= 0.3 is 22.9 Å². The van der Waals surface area contributed by atoms with Gasteiger partial charge in [-0.25, -0.2) is 0 Å². The highest BCUT2D eigenvalue weighted by Gasteiger charge is 2.29. The fraction of sp³-hybridized carbons (Fsp3) is 0. The van der Waals surface area contributed by atoms with Gasteiger partial charge in [0, 0.05) is 11.5 Å². The lowest BCUT2D eigenvalue weighted by Gasteiger charge is -2.05. The predicted octanol–water partition coefficient (Wildman–Crippen LogP) is 4.69. The molecule has 0 aliphatic rings. The minimum atomic E-state index is 0.711. The fourth-order valence-corrected chi connectivity index (χ4v) is 4.62. The Hall–Kier alpha value is -4.64. The number of hydrogen-bond donors (Lipinski definition) is 0. The maximum atomic E-state index is 5.12. The third kappa shape index (κ3) is 2.66. The van der Waals surface area contributed by atoms with E-state index in [2.05, 4.69) is 86.5 Å². The van der Waals surface area contributed by atoms with Crippen LogP contribution in [0.5, 0.6) is 0 Å². The second-order valence-corrected chi connectivity index (χ2v) is 8.08. The van der Waals surface area contributed by atoms with E-state index >= 15 is 0 Å². The summed E-state index contributed by atoms with van der Waals surface area (Å²) in [7, 11) is 0. The molecule has 0 spiro atoms. The Kier molecular flexibility index (Phi) is 3.78. The van der Waals surface area contributed by atoms with Gasteiger partial charge in [-0.1, -0.05) is 69.1 Å². The quantitative estimate of drug-likeness (QED) is 0.298. The second kappa shape index (κ2) is 6.93. The van der Waals surface area contributed by atoms with Crippen LogP contribution in [-0.2, 0) is 0 Å². The minimum Gasteiger partial charge on any atom is -0.199 e. The van der Waals surface area contributed by atoms with Crippen molar-refractivity contribution in [3.63, 3.8) is 0 Å². The summed E-state index contributed by atoms with van der Waals surface area (Å²) in [6, 6.07) is 35.2. The Morgan fingerprint density at radius 2 is 1.24 bits per heavy atom. The molecule has 5 nitrogen and oxygen atoms in total. The van der Waals surface area contributed by atoms with E-state index in [1.54, 1.807) is 0 Å². The van der Waals surface area contributed by atoms with E-state index in [0.29, 0.717) is 5.82 Å². The molecule has 4 aromatic heterocycles. The predicted molar refractivity (Wildman–Crippen MR) is 128 cm³/mol. The van der Waals surface area contributed by atoms with Crippen LogP contribution < -0.4 is 9.03 Å². The van der Waals surface area contributed by atoms with Gasteiger partial charge in [-0.15, -0.1) is 0 Å². The number of pyridine rings is 1. The van der Waals surface area contributed by atoms with Crippen molar-refractivity contribution in [1.82, 2.24) is 14.4 Å². The molecule has 7 aromatic rings. The normalized spacial score (nSPS) is 11.6. The van der Waals surface area contributed by atoms with Crippen molar-refractivity contribution in [2.24, 2.45) is 0 Å². The van der Waals surface area contributed by atoms with Crippen molar-refractivity contribution < 1.29 is 9.03 Å². The van der Waals surface area contributed by atoms with Crippen LogP contribution in [-0.4, -0.2) is 14.4 Å². The highest BCUT2D eigenvalue weighted by molar-refractivity contribution is 6.00. The van der Waals surface area contributed by atoms with E-state index in [0.717, 1.165) is 44.5 Å². The SMILES string of the molecule is c1ccc(-c2nc(-c3ccccc3)[n+]3c(n2)c2ccccc2c2cn4ccccc4[n+]23)cc1. The van der Waals surface area contributed by atoms with E-state index in [4.69, 9.17) is 9.97 Å². The summed E-state index contributed by atoms with van der Waals surface area (Å²) in [6.07, 6.45) is 4.24. The van der Waals surface area contributed by atoms with Gasteiger partial charge in [0.1, 0.15) is 6.20 Å². The van der Waals surface area contributed by atoms with Crippen LogP contribution in [0.4, 0.5) is 0 Å². The van der Waals surface area contributed by atoms with Gasteiger partial charge in [-0.05, 0) is 47.0 Å². The molecule has 0 amide bonds. The Balaban J connectivity index is 1.78. The molecule has 0 bridgehead atoms. The molecular formula is C28H19N5+2. The summed E-state index contributed by atoms with van der Waals surface area (Å²) in [4.78, 5) is 10.2. The molecule has 0 atom stereocenters. The standard InChI is InChI=1S/C28H19N5/c1-3-11-20(12-4-1)26-29-27(21-13-5-2-6-14-21)33-28(30-26)23-16-8-7-15-22(23)24-19-31-18-10-9-17-25(31)32(24)33/h1-19H/q+2. The Morgan fingerprint density at radius 1 is 0.576 bits per heavy atom. The lowest BCUT2D eigenvalue weighted by Crippen LogP contribution is -2.55. The van der Waals surface area contributed by atoms with Crippen LogP contribution in [0, 0.1) is 0 Å². The van der Waals surface area contributed by atoms with Gasteiger partial charge in [-0.2, -0.15) is 4.40 Å². The van der Waals surface area contributed by atoms with Crippen molar-refractivity contribution in [1.29, 1.82) is 0 Å². The molecule has 0 N–H and O–H groups in total. The smallest absolute Gasteiger partial charge is 0.199 e. The molecule has 0 radical (unpaired) electrons. The molecule has 0 saturated carbocycles. The maximum Gasteiger partial charge on any atom is 0.322 e. The van der Waals surface area contributed by atoms with Gasteiger partial charge in [-0.3, -0.25) is 0 Å². The van der Waals surface area contributed by atoms with E-state index in [1.165, 1.54) is 0 Å². The Morgan fingerprint density at radius 3 is 2.03 bits per heavy atom. The van der Waals surface area contributed by atoms with Crippen LogP contribution in [0.25, 0.3) is 50.4 Å². The van der Waals surface area contributed by atoms with Gasteiger partial charge in [0.05, 0.1) is 22.7 Å². The van der Waals surface area contributed by atoms with Crippen molar-refractivity contribution in [2.75, 3.05) is 0 Å². The first-order valence-corrected chi connectivity index (χ1v) is 11.0. The van der Waals surface area contributed by atoms with E-state index in [1.807, 2.05) is 42.5 Å². The first-order chi connectivity index (χ1) is 16.4. The van der Waals surface area contributed by atoms with E-state index in [-0.39, 0.29) is 0 Å². The van der Waals surface area contributed by atoms with Gasteiger partial charge in [0.15, 0.2) is 0 Å². The number of fused-ring (bicyclic) bond motifs is 8. The third-order valence-corrected chi connectivity index (χ3v) is 6.11. The number of imidazole rings is 1. The fourth-order valence-electron chi connectivity index (χ4n) is 4.62. The molecule has 3 aromatic carbocycles. The first-order valence-electron chi connectivity index (χ1n) is 11.0. The molecular weight excluding hydrogens is 406 g/mol. The molecule has 33 heavy (non-hydrogen) atoms. The van der Waals surface area contributed by atoms with Gasteiger partial charge in [0.2, 0.25) is 5.52 Å². The molecule has 7 rings (SSSR count). The zero-order valence-corrected chi connectivity index (χ0v) is 17.7. The summed E-state index contributed by atoms with van der Waals surface area (Å²) < 4.78 is 6.51. The summed E-state index contributed by atoms with van der Waals surface area (Å²) in [6.45, 7) is 0. The average Bonchev–Trinajstić information content (AvgIpc) is 3.29. The molecule has 0 fully saturated rings. The molecule has 0 saturated heterocycles. The second-order valence-electron chi connectivity index (χ2n) is 8.08. The van der Waals surface area contributed by atoms with Crippen molar-refractivity contribution in [3.8, 4) is 22.8 Å². The molecule has 0 aliphatic carbocycles. The van der Waals surface area contributed by atoms with Crippen molar-refractivity contribution in [2.45, 2.75) is 0 Å². The van der Waals surface area contributed by atoms with Crippen molar-refractivity contribution >= 4 is 27.6 Å². The molecule has 0 unspecified atom stereocenters. The lowest BCUT2D eigenvalue weighted by atomic mass is 10.1. The summed E-state index contributed by atoms with van der Waals surface area (Å²) in [5.74, 6) is 1.56. The van der Waals surface area contributed by atoms with Crippen LogP contribution in [0.3, 0.4) is 0 Å². The maximum absolute atomic E-state index is 5.12. The molecule has 154 valence electrons. The van der Waals surface area contributed by atoms with Crippen molar-refractivity contribution in [3.05, 3.63) is 116 Å². The number of rotatable bonds is 2. The summed E-state index contributed by atoms with van der Waals surface area (Å²) in [5.41, 5.74) is 5.04. The summed E-state index contributed by atoms with van der Waals surface area (Å²) >= 11 is 0. The number of hydrogen-bond acceptors (Lipinski definition) is 2. The highest BCUT2D eigenvalue weighted by Crippen LogP contribution is 2.24. The topological polar surface area (TPSA) is 38.4 Å². The molecule has 5 heteroatoms. The Bertz CT molecular complexity index is 1810. The van der Waals surface area contributed by atoms with Gasteiger partial charge < -0.3 is 0 Å². The number of benzene rings is 3. The lowest BCUT2D eigenvalue weighted by molar-refractivity contribution is -1.08. The van der Waals surface area contributed by atoms with Crippen LogP contribution in [0.1, 0.15) is 0 Å². The average molecular weight is 425 g/mol. The number of aromatic nitrogens is 5. The monoisotopic (exact) mass is 425 g/mol. The van der Waals surface area contributed by atoms with E-state index < -0.39 is 0 Å². The zero-order valence-electron chi connectivity index (χ0n) is 17.7. The number of nitrogens with zero attached hydrogens (tertiary/aromatic N) is 5. The summed E-state index contributed by atoms with van der Waals surface area (Å²) in [5, 5.41) is 2.24. The van der Waals surface area contributed by atoms with E-state index in [9.17, 15) is 0 Å². The molecule has 0 aliphatic heterocycles. The zero-order chi connectivity index (χ0) is 21.8. The third-order valence-electron chi connectivity index (χ3n) is 6.11. The molecule has 4 heterocycles. The first kappa shape index (κ1) is 18.0.